The summed E-state index contributed by atoms with van der Waals surface area (Å²) in [5.74, 6) is -2.34. The molecule has 0 saturated heterocycles. The molecule has 2 aliphatic rings. The fraction of sp³-hybridized carbons (Fsp3) is 0.562. The number of carbonyl (C=O) groups is 5. The van der Waals surface area contributed by atoms with Crippen LogP contribution in [0.4, 0.5) is 5.69 Å². The number of aliphatic hydroxyl groups is 1. The lowest BCUT2D eigenvalue weighted by Crippen LogP contribution is -2.57. The first-order valence-electron chi connectivity index (χ1n) is 15.7. The molecule has 0 unspecified atom stereocenters. The molecular formula is C32H44N6O7. The number of aliphatic hydroxyl groups excluding tert-OH is 1. The molecule has 45 heavy (non-hydrogen) atoms. The number of rotatable bonds is 8. The predicted octanol–water partition coefficient (Wildman–Crippen LogP) is 2.05. The molecule has 2 aromatic rings. The summed E-state index contributed by atoms with van der Waals surface area (Å²) in [5.41, 5.74) is 3.28. The number of hydrogen-bond donors (Lipinski definition) is 6. The highest BCUT2D eigenvalue weighted by Gasteiger charge is 2.33. The molecule has 13 nitrogen and oxygen atoms in total. The van der Waals surface area contributed by atoms with E-state index in [-0.39, 0.29) is 42.7 Å². The Hall–Kier alpha value is -4.26. The standard InChI is InChI=1S/C32H44N6O7/c1-18(2)15-24-32-37-25(17-45-32)29(42)33-14-5-4-9-23(30(43)38-28(19(3)39)31(44)36-24)35-27(41)13-12-26(40)34-22-11-10-20-7-6-8-21(20)16-22/h10-11,16-19,23-24,28,39H,4-9,12-15H2,1-3H3,(H,33,42)(H,34,40)(H,35,41)(H,36,44)(H,38,43)/t19-,23+,24+,28+/m1/s1. The fourth-order valence-electron chi connectivity index (χ4n) is 5.57. The van der Waals surface area contributed by atoms with Crippen molar-refractivity contribution in [1.29, 1.82) is 0 Å². The molecular weight excluding hydrogens is 580 g/mol. The first-order chi connectivity index (χ1) is 21.5. The van der Waals surface area contributed by atoms with Gasteiger partial charge in [0.2, 0.25) is 29.5 Å². The molecule has 1 aliphatic heterocycles. The Morgan fingerprint density at radius 1 is 1.00 bits per heavy atom. The molecule has 0 saturated carbocycles. The number of amides is 5. The zero-order valence-electron chi connectivity index (χ0n) is 26.1. The molecule has 2 bridgehead atoms. The van der Waals surface area contributed by atoms with Gasteiger partial charge in [0.25, 0.3) is 5.91 Å². The van der Waals surface area contributed by atoms with Crippen molar-refractivity contribution in [2.75, 3.05) is 11.9 Å². The second kappa shape index (κ2) is 15.6. The molecule has 1 aliphatic carbocycles. The number of fused-ring (bicyclic) bond motifs is 3. The molecule has 5 amide bonds. The summed E-state index contributed by atoms with van der Waals surface area (Å²) in [5, 5.41) is 24.1. The minimum absolute atomic E-state index is 0.0748. The van der Waals surface area contributed by atoms with Crippen LogP contribution in [-0.2, 0) is 32.0 Å². The number of nitrogens with zero attached hydrogens (tertiary/aromatic N) is 1. The Kier molecular flexibility index (Phi) is 11.7. The Labute approximate surface area is 262 Å². The summed E-state index contributed by atoms with van der Waals surface area (Å²) in [7, 11) is 0. The second-order valence-corrected chi connectivity index (χ2v) is 12.2. The molecule has 0 fully saturated rings. The van der Waals surface area contributed by atoms with Gasteiger partial charge in [0.05, 0.1) is 6.10 Å². The summed E-state index contributed by atoms with van der Waals surface area (Å²) in [4.78, 5) is 69.0. The molecule has 4 atom stereocenters. The number of benzene rings is 1. The smallest absolute Gasteiger partial charge is 0.273 e. The summed E-state index contributed by atoms with van der Waals surface area (Å²) in [6.45, 7) is 5.56. The second-order valence-electron chi connectivity index (χ2n) is 12.2. The van der Waals surface area contributed by atoms with Crippen LogP contribution in [0, 0.1) is 5.92 Å². The van der Waals surface area contributed by atoms with Gasteiger partial charge in [-0.1, -0.05) is 19.9 Å². The van der Waals surface area contributed by atoms with Crippen molar-refractivity contribution < 1.29 is 33.5 Å². The van der Waals surface area contributed by atoms with Gasteiger partial charge in [-0.15, -0.1) is 0 Å². The van der Waals surface area contributed by atoms with Gasteiger partial charge in [-0.2, -0.15) is 0 Å². The van der Waals surface area contributed by atoms with Crippen molar-refractivity contribution in [2.24, 2.45) is 5.92 Å². The van der Waals surface area contributed by atoms with Crippen molar-refractivity contribution in [2.45, 2.75) is 103 Å². The van der Waals surface area contributed by atoms with Crippen molar-refractivity contribution in [1.82, 2.24) is 26.3 Å². The lowest BCUT2D eigenvalue weighted by molar-refractivity contribution is -0.134. The molecule has 4 rings (SSSR count). The highest BCUT2D eigenvalue weighted by molar-refractivity contribution is 5.95. The van der Waals surface area contributed by atoms with E-state index in [1.807, 2.05) is 32.0 Å². The zero-order valence-corrected chi connectivity index (χ0v) is 26.1. The maximum atomic E-state index is 13.4. The SMILES string of the molecule is CC(C)C[C@@H]1NC(=O)[C@H]([C@@H](C)O)NC(=O)[C@@H](NC(=O)CCC(=O)Nc2ccc3c(c2)CCC3)CCCCNC(=O)c2coc1n2. The summed E-state index contributed by atoms with van der Waals surface area (Å²) >= 11 is 0. The van der Waals surface area contributed by atoms with Crippen molar-refractivity contribution in [3.8, 4) is 0 Å². The summed E-state index contributed by atoms with van der Waals surface area (Å²) in [6.07, 6.45) is 4.42. The average molecular weight is 625 g/mol. The molecule has 1 aromatic heterocycles. The number of oxazole rings is 1. The lowest BCUT2D eigenvalue weighted by atomic mass is 10.0. The third-order valence-electron chi connectivity index (χ3n) is 7.96. The number of aryl methyl sites for hydroxylation is 2. The molecule has 0 radical (unpaired) electrons. The summed E-state index contributed by atoms with van der Waals surface area (Å²) in [6, 6.07) is 2.75. The molecule has 2 heterocycles. The van der Waals surface area contributed by atoms with Crippen LogP contribution in [0.2, 0.25) is 0 Å². The topological polar surface area (TPSA) is 192 Å². The molecule has 0 spiro atoms. The van der Waals surface area contributed by atoms with Gasteiger partial charge >= 0.3 is 0 Å². The van der Waals surface area contributed by atoms with E-state index >= 15 is 0 Å². The Morgan fingerprint density at radius 2 is 1.76 bits per heavy atom. The molecule has 6 N–H and O–H groups in total. The maximum Gasteiger partial charge on any atom is 0.273 e. The quantitative estimate of drug-likeness (QED) is 0.257. The van der Waals surface area contributed by atoms with Crippen LogP contribution < -0.4 is 26.6 Å². The Balaban J connectivity index is 1.41. The van der Waals surface area contributed by atoms with Crippen LogP contribution in [0.5, 0.6) is 0 Å². The minimum Gasteiger partial charge on any atom is -0.446 e. The monoisotopic (exact) mass is 624 g/mol. The number of anilines is 1. The number of carbonyl (C=O) groups excluding carboxylic acids is 5. The number of aromatic nitrogens is 1. The van der Waals surface area contributed by atoms with E-state index in [0.29, 0.717) is 31.5 Å². The normalized spacial score (nSPS) is 21.7. The van der Waals surface area contributed by atoms with Crippen LogP contribution in [-0.4, -0.2) is 64.4 Å². The van der Waals surface area contributed by atoms with E-state index < -0.39 is 47.9 Å². The van der Waals surface area contributed by atoms with Crippen LogP contribution in [0.3, 0.4) is 0 Å². The number of hydrogen-bond acceptors (Lipinski definition) is 8. The molecule has 244 valence electrons. The van der Waals surface area contributed by atoms with E-state index in [0.717, 1.165) is 19.3 Å². The minimum atomic E-state index is -1.34. The van der Waals surface area contributed by atoms with E-state index in [4.69, 9.17) is 4.42 Å². The van der Waals surface area contributed by atoms with Gasteiger partial charge in [0, 0.05) is 25.1 Å². The predicted molar refractivity (Wildman–Crippen MR) is 165 cm³/mol. The Morgan fingerprint density at radius 3 is 2.51 bits per heavy atom. The first kappa shape index (κ1) is 33.6. The highest BCUT2D eigenvalue weighted by atomic mass is 16.3. The molecule has 13 heteroatoms. The van der Waals surface area contributed by atoms with E-state index in [1.165, 1.54) is 24.3 Å². The number of nitrogens with one attached hydrogen (secondary N) is 5. The fourth-order valence-corrected chi connectivity index (χ4v) is 5.57. The van der Waals surface area contributed by atoms with Gasteiger partial charge in [-0.05, 0) is 81.0 Å². The largest absolute Gasteiger partial charge is 0.446 e. The summed E-state index contributed by atoms with van der Waals surface area (Å²) < 4.78 is 5.53. The van der Waals surface area contributed by atoms with E-state index in [9.17, 15) is 29.1 Å². The van der Waals surface area contributed by atoms with Crippen LogP contribution in [0.15, 0.2) is 28.9 Å². The van der Waals surface area contributed by atoms with Crippen molar-refractivity contribution >= 4 is 35.2 Å². The van der Waals surface area contributed by atoms with Gasteiger partial charge < -0.3 is 36.1 Å². The van der Waals surface area contributed by atoms with Gasteiger partial charge in [0.1, 0.15) is 24.4 Å². The average Bonchev–Trinajstić information content (AvgIpc) is 3.66. The van der Waals surface area contributed by atoms with Crippen LogP contribution >= 0.6 is 0 Å². The van der Waals surface area contributed by atoms with E-state index in [2.05, 4.69) is 31.6 Å². The van der Waals surface area contributed by atoms with E-state index in [1.54, 1.807) is 0 Å². The third kappa shape index (κ3) is 9.61. The van der Waals surface area contributed by atoms with Crippen LogP contribution in [0.1, 0.15) is 99.3 Å². The molecule has 1 aromatic carbocycles. The first-order valence-corrected chi connectivity index (χ1v) is 15.7. The maximum absolute atomic E-state index is 13.4. The lowest BCUT2D eigenvalue weighted by Gasteiger charge is -2.27. The van der Waals surface area contributed by atoms with Gasteiger partial charge in [0.15, 0.2) is 5.69 Å². The van der Waals surface area contributed by atoms with Crippen molar-refractivity contribution in [3.05, 3.63) is 47.2 Å². The van der Waals surface area contributed by atoms with Gasteiger partial charge in [-0.3, -0.25) is 24.0 Å². The zero-order chi connectivity index (χ0) is 32.5. The van der Waals surface area contributed by atoms with Gasteiger partial charge in [-0.25, -0.2) is 4.98 Å². The van der Waals surface area contributed by atoms with Crippen LogP contribution in [0.25, 0.3) is 0 Å². The highest BCUT2D eigenvalue weighted by Crippen LogP contribution is 2.25. The Bertz CT molecular complexity index is 1390. The van der Waals surface area contributed by atoms with Crippen molar-refractivity contribution in [3.63, 3.8) is 0 Å². The third-order valence-corrected chi connectivity index (χ3v) is 7.96.